The molecule has 0 bridgehead atoms. The van der Waals surface area contributed by atoms with Gasteiger partial charge in [-0.15, -0.1) is 0 Å². The molecular formula is C19H17F3N2O2. The van der Waals surface area contributed by atoms with E-state index in [1.165, 1.54) is 18.3 Å². The molecule has 0 fully saturated rings. The number of anilines is 1. The van der Waals surface area contributed by atoms with E-state index in [1.807, 2.05) is 6.92 Å². The lowest BCUT2D eigenvalue weighted by atomic mass is 10.1. The van der Waals surface area contributed by atoms with Gasteiger partial charge in [-0.25, -0.2) is 13.2 Å². The summed E-state index contributed by atoms with van der Waals surface area (Å²) in [4.78, 5) is 15.1. The quantitative estimate of drug-likeness (QED) is 0.605. The van der Waals surface area contributed by atoms with E-state index in [9.17, 15) is 18.0 Å². The number of carbonyl (C=O) groups excluding carboxylic acids is 1. The number of fused-ring (bicyclic) bond motifs is 1. The van der Waals surface area contributed by atoms with E-state index < -0.39 is 23.4 Å². The Hall–Kier alpha value is -2.96. The molecule has 1 heterocycles. The topological polar surface area (TPSA) is 54.1 Å². The molecule has 0 atom stereocenters. The van der Waals surface area contributed by atoms with Crippen molar-refractivity contribution >= 4 is 22.5 Å². The summed E-state index contributed by atoms with van der Waals surface area (Å²) in [6.45, 7) is 2.40. The molecule has 0 saturated heterocycles. The molecule has 2 N–H and O–H groups in total. The van der Waals surface area contributed by atoms with Gasteiger partial charge in [0, 0.05) is 23.2 Å². The zero-order valence-electron chi connectivity index (χ0n) is 14.0. The number of aromatic amines is 1. The van der Waals surface area contributed by atoms with Gasteiger partial charge in [0.2, 0.25) is 0 Å². The number of amides is 1. The number of H-pyrrole nitrogens is 1. The van der Waals surface area contributed by atoms with Crippen molar-refractivity contribution in [3.8, 4) is 5.75 Å². The van der Waals surface area contributed by atoms with Crippen LogP contribution >= 0.6 is 0 Å². The van der Waals surface area contributed by atoms with Crippen molar-refractivity contribution in [2.75, 3.05) is 11.9 Å². The largest absolute Gasteiger partial charge is 0.491 e. The van der Waals surface area contributed by atoms with Crippen LogP contribution in [0.25, 0.3) is 10.9 Å². The zero-order chi connectivity index (χ0) is 18.7. The fraction of sp³-hybridized carbons (Fsp3) is 0.211. The van der Waals surface area contributed by atoms with Gasteiger partial charge in [-0.1, -0.05) is 13.3 Å². The molecule has 1 aromatic heterocycles. The normalized spacial score (nSPS) is 10.9. The predicted octanol–water partition coefficient (Wildman–Crippen LogP) is 5.02. The molecule has 7 heteroatoms. The number of carbonyl (C=O) groups is 1. The second-order valence-corrected chi connectivity index (χ2v) is 5.82. The maximum absolute atomic E-state index is 14.1. The van der Waals surface area contributed by atoms with E-state index in [-0.39, 0.29) is 17.0 Å². The fourth-order valence-corrected chi connectivity index (χ4v) is 2.50. The van der Waals surface area contributed by atoms with Crippen molar-refractivity contribution < 1.29 is 22.7 Å². The van der Waals surface area contributed by atoms with Crippen molar-refractivity contribution in [3.05, 3.63) is 59.5 Å². The third-order valence-electron chi connectivity index (χ3n) is 3.92. The molecule has 3 aromatic rings. The molecule has 4 nitrogen and oxygen atoms in total. The Balaban J connectivity index is 1.78. The number of hydrogen-bond donors (Lipinski definition) is 2. The Morgan fingerprint density at radius 1 is 1.12 bits per heavy atom. The average molecular weight is 362 g/mol. The van der Waals surface area contributed by atoms with Gasteiger partial charge < -0.3 is 15.0 Å². The molecule has 2 aromatic carbocycles. The SMILES string of the molecule is CCCCOc1ccc(C(=O)Nc2c[nH]c3cc(F)c(F)cc23)cc1F. The highest BCUT2D eigenvalue weighted by molar-refractivity contribution is 6.09. The maximum Gasteiger partial charge on any atom is 0.255 e. The third-order valence-corrected chi connectivity index (χ3v) is 3.92. The van der Waals surface area contributed by atoms with Gasteiger partial charge in [0.1, 0.15) is 0 Å². The Bertz CT molecular complexity index is 953. The molecule has 26 heavy (non-hydrogen) atoms. The summed E-state index contributed by atoms with van der Waals surface area (Å²) >= 11 is 0. The molecule has 0 unspecified atom stereocenters. The minimum atomic E-state index is -1.02. The summed E-state index contributed by atoms with van der Waals surface area (Å²) in [6, 6.07) is 5.90. The number of halogens is 3. The number of nitrogens with one attached hydrogen (secondary N) is 2. The summed E-state index contributed by atoms with van der Waals surface area (Å²) in [7, 11) is 0. The summed E-state index contributed by atoms with van der Waals surface area (Å²) < 4.78 is 46.0. The molecular weight excluding hydrogens is 345 g/mol. The molecule has 0 aliphatic carbocycles. The Kier molecular flexibility index (Phi) is 5.16. The molecule has 1 amide bonds. The molecule has 0 saturated carbocycles. The van der Waals surface area contributed by atoms with Crippen molar-refractivity contribution in [2.45, 2.75) is 19.8 Å². The van der Waals surface area contributed by atoms with Crippen LogP contribution in [0, 0.1) is 17.5 Å². The number of hydrogen-bond acceptors (Lipinski definition) is 2. The van der Waals surface area contributed by atoms with Crippen LogP contribution in [0.5, 0.6) is 5.75 Å². The highest BCUT2D eigenvalue weighted by Gasteiger charge is 2.14. The smallest absolute Gasteiger partial charge is 0.255 e. The van der Waals surface area contributed by atoms with E-state index in [1.54, 1.807) is 0 Å². The molecule has 136 valence electrons. The van der Waals surface area contributed by atoms with Gasteiger partial charge in [0.25, 0.3) is 5.91 Å². The van der Waals surface area contributed by atoms with Crippen molar-refractivity contribution in [2.24, 2.45) is 0 Å². The van der Waals surface area contributed by atoms with E-state index >= 15 is 0 Å². The fourth-order valence-electron chi connectivity index (χ4n) is 2.50. The monoisotopic (exact) mass is 362 g/mol. The predicted molar refractivity (Wildman–Crippen MR) is 93.0 cm³/mol. The first-order valence-electron chi connectivity index (χ1n) is 8.19. The van der Waals surface area contributed by atoms with Gasteiger partial charge in [0.05, 0.1) is 17.8 Å². The van der Waals surface area contributed by atoms with E-state index in [2.05, 4.69) is 10.3 Å². The molecule has 0 radical (unpaired) electrons. The van der Waals surface area contributed by atoms with Crippen molar-refractivity contribution in [3.63, 3.8) is 0 Å². The van der Waals surface area contributed by atoms with Crippen molar-refractivity contribution in [1.82, 2.24) is 4.98 Å². The third kappa shape index (κ3) is 3.66. The van der Waals surface area contributed by atoms with Crippen LogP contribution < -0.4 is 10.1 Å². The van der Waals surface area contributed by atoms with Crippen molar-refractivity contribution in [1.29, 1.82) is 0 Å². The average Bonchev–Trinajstić information content (AvgIpc) is 2.98. The first-order valence-corrected chi connectivity index (χ1v) is 8.19. The molecule has 0 aliphatic heterocycles. The van der Waals surface area contributed by atoms with Crippen LogP contribution in [0.15, 0.2) is 36.5 Å². The maximum atomic E-state index is 14.1. The minimum absolute atomic E-state index is 0.0830. The highest BCUT2D eigenvalue weighted by Crippen LogP contribution is 2.26. The lowest BCUT2D eigenvalue weighted by molar-refractivity contribution is 0.102. The first-order chi connectivity index (χ1) is 12.5. The van der Waals surface area contributed by atoms with Crippen LogP contribution in [0.2, 0.25) is 0 Å². The number of ether oxygens (including phenoxy) is 1. The Morgan fingerprint density at radius 3 is 2.62 bits per heavy atom. The van der Waals surface area contributed by atoms with Crippen LogP contribution in [-0.4, -0.2) is 17.5 Å². The second kappa shape index (κ2) is 7.51. The molecule has 0 aliphatic rings. The van der Waals surface area contributed by atoms with Gasteiger partial charge in [-0.3, -0.25) is 4.79 Å². The number of unbranched alkanes of at least 4 members (excludes halogenated alkanes) is 1. The van der Waals surface area contributed by atoms with Crippen LogP contribution in [0.4, 0.5) is 18.9 Å². The van der Waals surface area contributed by atoms with E-state index in [4.69, 9.17) is 4.74 Å². The highest BCUT2D eigenvalue weighted by atomic mass is 19.2. The lowest BCUT2D eigenvalue weighted by Crippen LogP contribution is -2.12. The van der Waals surface area contributed by atoms with Gasteiger partial charge >= 0.3 is 0 Å². The van der Waals surface area contributed by atoms with E-state index in [0.717, 1.165) is 31.0 Å². The summed E-state index contributed by atoms with van der Waals surface area (Å²) in [5.74, 6) is -3.14. The Labute approximate surface area is 148 Å². The van der Waals surface area contributed by atoms with Crippen LogP contribution in [0.3, 0.4) is 0 Å². The minimum Gasteiger partial charge on any atom is -0.491 e. The van der Waals surface area contributed by atoms with Crippen LogP contribution in [0.1, 0.15) is 30.1 Å². The summed E-state index contributed by atoms with van der Waals surface area (Å²) in [5.41, 5.74) is 0.694. The number of benzene rings is 2. The zero-order valence-corrected chi connectivity index (χ0v) is 14.0. The van der Waals surface area contributed by atoms with E-state index in [0.29, 0.717) is 17.5 Å². The Morgan fingerprint density at radius 2 is 1.88 bits per heavy atom. The number of aromatic nitrogens is 1. The lowest BCUT2D eigenvalue weighted by Gasteiger charge is -2.08. The van der Waals surface area contributed by atoms with Gasteiger partial charge in [-0.05, 0) is 30.7 Å². The van der Waals surface area contributed by atoms with Gasteiger partial charge in [-0.2, -0.15) is 0 Å². The summed E-state index contributed by atoms with van der Waals surface area (Å²) in [6.07, 6.45) is 3.15. The second-order valence-electron chi connectivity index (χ2n) is 5.82. The van der Waals surface area contributed by atoms with Gasteiger partial charge in [0.15, 0.2) is 23.2 Å². The molecule has 0 spiro atoms. The standard InChI is InChI=1S/C19H17F3N2O2/c1-2-3-6-26-18-5-4-11(7-15(18)22)19(25)24-17-10-23-16-9-14(21)13(20)8-12(16)17/h4-5,7-10,23H,2-3,6H2,1H3,(H,24,25). The molecule has 3 rings (SSSR count). The first kappa shape index (κ1) is 17.8. The summed E-state index contributed by atoms with van der Waals surface area (Å²) in [5, 5.41) is 2.88. The van der Waals surface area contributed by atoms with Crippen LogP contribution in [-0.2, 0) is 0 Å². The number of rotatable bonds is 6.